The van der Waals surface area contributed by atoms with Crippen molar-refractivity contribution in [1.29, 1.82) is 0 Å². The van der Waals surface area contributed by atoms with Gasteiger partial charge >= 0.3 is 5.97 Å². The molecule has 0 aliphatic rings. The van der Waals surface area contributed by atoms with Crippen LogP contribution in [0.1, 0.15) is 15.9 Å². The van der Waals surface area contributed by atoms with E-state index in [2.05, 4.69) is 10.6 Å². The predicted octanol–water partition coefficient (Wildman–Crippen LogP) is 2.93. The van der Waals surface area contributed by atoms with Crippen LogP contribution in [0.15, 0.2) is 48.5 Å². The summed E-state index contributed by atoms with van der Waals surface area (Å²) in [6.45, 7) is 0. The Morgan fingerprint density at radius 2 is 1.81 bits per heavy atom. The van der Waals surface area contributed by atoms with Gasteiger partial charge in [-0.3, -0.25) is 10.1 Å². The maximum absolute atomic E-state index is 12.3. The van der Waals surface area contributed by atoms with E-state index in [0.29, 0.717) is 28.3 Å². The van der Waals surface area contributed by atoms with Crippen molar-refractivity contribution in [2.24, 2.45) is 0 Å². The normalized spacial score (nSPS) is 10.3. The fourth-order valence-electron chi connectivity index (χ4n) is 2.20. The zero-order valence-corrected chi connectivity index (χ0v) is 15.5. The number of ether oxygens (including phenoxy) is 2. The minimum absolute atomic E-state index is 0.106. The van der Waals surface area contributed by atoms with Gasteiger partial charge in [-0.25, -0.2) is 4.79 Å². The number of benzene rings is 2. The first kappa shape index (κ1) is 19.9. The van der Waals surface area contributed by atoms with Crippen LogP contribution >= 0.6 is 12.2 Å². The van der Waals surface area contributed by atoms with Crippen LogP contribution in [0.5, 0.6) is 11.5 Å². The van der Waals surface area contributed by atoms with Crippen LogP contribution in [0.3, 0.4) is 0 Å². The van der Waals surface area contributed by atoms with Crippen LogP contribution in [-0.2, 0) is 4.79 Å². The molecule has 0 atom stereocenters. The molecule has 0 heterocycles. The third-order valence-corrected chi connectivity index (χ3v) is 3.64. The highest BCUT2D eigenvalue weighted by atomic mass is 32.1. The van der Waals surface area contributed by atoms with Gasteiger partial charge < -0.3 is 19.9 Å². The summed E-state index contributed by atoms with van der Waals surface area (Å²) in [6.07, 6.45) is 2.50. The number of carboxylic acids is 1. The number of anilines is 1. The minimum atomic E-state index is -1.04. The van der Waals surface area contributed by atoms with Crippen molar-refractivity contribution < 1.29 is 24.2 Å². The number of thiocarbonyl (C=S) groups is 1. The molecule has 0 saturated heterocycles. The summed E-state index contributed by atoms with van der Waals surface area (Å²) >= 11 is 5.16. The second-order valence-corrected chi connectivity index (χ2v) is 5.68. The summed E-state index contributed by atoms with van der Waals surface area (Å²) in [5.74, 6) is -0.496. The van der Waals surface area contributed by atoms with Crippen LogP contribution < -0.4 is 20.1 Å². The molecule has 0 radical (unpaired) electrons. The van der Waals surface area contributed by atoms with Gasteiger partial charge in [0.2, 0.25) is 0 Å². The van der Waals surface area contributed by atoms with Crippen molar-refractivity contribution in [1.82, 2.24) is 5.32 Å². The first-order valence-corrected chi connectivity index (χ1v) is 8.19. The molecule has 0 spiro atoms. The van der Waals surface area contributed by atoms with E-state index in [1.165, 1.54) is 20.3 Å². The van der Waals surface area contributed by atoms with Gasteiger partial charge in [-0.15, -0.1) is 0 Å². The van der Waals surface area contributed by atoms with E-state index in [1.807, 2.05) is 0 Å². The largest absolute Gasteiger partial charge is 0.493 e. The highest BCUT2D eigenvalue weighted by Gasteiger charge is 2.12. The molecule has 140 valence electrons. The molecule has 2 aromatic carbocycles. The second-order valence-electron chi connectivity index (χ2n) is 5.28. The van der Waals surface area contributed by atoms with Crippen molar-refractivity contribution in [3.63, 3.8) is 0 Å². The molecule has 2 rings (SSSR count). The topological polar surface area (TPSA) is 96.9 Å². The van der Waals surface area contributed by atoms with Gasteiger partial charge in [0.1, 0.15) is 0 Å². The Kier molecular flexibility index (Phi) is 6.90. The number of carbonyl (C=O) groups excluding carboxylic acids is 1. The number of methoxy groups -OCH3 is 2. The van der Waals surface area contributed by atoms with E-state index in [9.17, 15) is 9.59 Å². The highest BCUT2D eigenvalue weighted by molar-refractivity contribution is 7.80. The SMILES string of the molecule is COc1ccc(C(=O)NC(=S)Nc2cccc(/C=C/C(=O)O)c2)cc1OC. The average molecular weight is 386 g/mol. The minimum Gasteiger partial charge on any atom is -0.493 e. The number of nitrogens with one attached hydrogen (secondary N) is 2. The molecular formula is C19H18N2O5S. The monoisotopic (exact) mass is 386 g/mol. The summed E-state index contributed by atoms with van der Waals surface area (Å²) in [5, 5.41) is 14.2. The first-order valence-electron chi connectivity index (χ1n) is 7.78. The molecule has 8 heteroatoms. The number of rotatable bonds is 6. The van der Waals surface area contributed by atoms with Crippen molar-refractivity contribution in [2.75, 3.05) is 19.5 Å². The van der Waals surface area contributed by atoms with Gasteiger partial charge in [0, 0.05) is 17.3 Å². The molecule has 0 aliphatic heterocycles. The van der Waals surface area contributed by atoms with E-state index in [-0.39, 0.29) is 5.11 Å². The predicted molar refractivity (Wildman–Crippen MR) is 106 cm³/mol. The van der Waals surface area contributed by atoms with Gasteiger partial charge in [0.05, 0.1) is 14.2 Å². The standard InChI is InChI=1S/C19H18N2O5S/c1-25-15-8-7-13(11-16(15)26-2)18(24)21-19(27)20-14-5-3-4-12(10-14)6-9-17(22)23/h3-11H,1-2H3,(H,22,23)(H2,20,21,24,27)/b9-6+. The van der Waals surface area contributed by atoms with Crippen LogP contribution in [0.25, 0.3) is 6.08 Å². The summed E-state index contributed by atoms with van der Waals surface area (Å²) in [4.78, 5) is 22.9. The summed E-state index contributed by atoms with van der Waals surface area (Å²) < 4.78 is 10.3. The lowest BCUT2D eigenvalue weighted by molar-refractivity contribution is -0.131. The van der Waals surface area contributed by atoms with Crippen LogP contribution in [0, 0.1) is 0 Å². The fraction of sp³-hybridized carbons (Fsp3) is 0.105. The van der Waals surface area contributed by atoms with Crippen molar-refractivity contribution in [3.05, 3.63) is 59.7 Å². The van der Waals surface area contributed by atoms with Gasteiger partial charge in [-0.2, -0.15) is 0 Å². The first-order chi connectivity index (χ1) is 12.9. The molecule has 0 saturated carbocycles. The molecule has 3 N–H and O–H groups in total. The molecule has 0 aliphatic carbocycles. The second kappa shape index (κ2) is 9.35. The quantitative estimate of drug-likeness (QED) is 0.519. The van der Waals surface area contributed by atoms with E-state index < -0.39 is 11.9 Å². The number of amides is 1. The zero-order chi connectivity index (χ0) is 19.8. The Hall–Kier alpha value is -3.39. The van der Waals surface area contributed by atoms with E-state index >= 15 is 0 Å². The number of carboxylic acid groups (broad SMARTS) is 1. The molecule has 0 aromatic heterocycles. The molecular weight excluding hydrogens is 368 g/mol. The molecule has 7 nitrogen and oxygen atoms in total. The maximum Gasteiger partial charge on any atom is 0.328 e. The van der Waals surface area contributed by atoms with Gasteiger partial charge in [-0.1, -0.05) is 12.1 Å². The Balaban J connectivity index is 2.04. The maximum atomic E-state index is 12.3. The van der Waals surface area contributed by atoms with Crippen LogP contribution in [0.2, 0.25) is 0 Å². The average Bonchev–Trinajstić information content (AvgIpc) is 2.65. The Labute approximate surface area is 161 Å². The molecule has 27 heavy (non-hydrogen) atoms. The van der Waals surface area contributed by atoms with Crippen molar-refractivity contribution >= 4 is 41.0 Å². The number of aliphatic carboxylic acids is 1. The van der Waals surface area contributed by atoms with E-state index in [0.717, 1.165) is 6.08 Å². The smallest absolute Gasteiger partial charge is 0.328 e. The Morgan fingerprint density at radius 1 is 1.07 bits per heavy atom. The van der Waals surface area contributed by atoms with Crippen molar-refractivity contribution in [3.8, 4) is 11.5 Å². The Bertz CT molecular complexity index is 895. The summed E-state index contributed by atoms with van der Waals surface area (Å²) in [6, 6.07) is 11.7. The van der Waals surface area contributed by atoms with E-state index in [1.54, 1.807) is 42.5 Å². The van der Waals surface area contributed by atoms with Gasteiger partial charge in [0.15, 0.2) is 16.6 Å². The lowest BCUT2D eigenvalue weighted by atomic mass is 10.2. The zero-order valence-electron chi connectivity index (χ0n) is 14.7. The molecule has 0 unspecified atom stereocenters. The van der Waals surface area contributed by atoms with Crippen LogP contribution in [0.4, 0.5) is 5.69 Å². The number of hydrogen-bond donors (Lipinski definition) is 3. The van der Waals surface area contributed by atoms with E-state index in [4.69, 9.17) is 26.8 Å². The van der Waals surface area contributed by atoms with Gasteiger partial charge in [0.25, 0.3) is 5.91 Å². The third-order valence-electron chi connectivity index (χ3n) is 3.44. The van der Waals surface area contributed by atoms with Crippen molar-refractivity contribution in [2.45, 2.75) is 0 Å². The summed E-state index contributed by atoms with van der Waals surface area (Å²) in [5.41, 5.74) is 1.64. The molecule has 0 bridgehead atoms. The highest BCUT2D eigenvalue weighted by Crippen LogP contribution is 2.27. The number of hydrogen-bond acceptors (Lipinski definition) is 5. The Morgan fingerprint density at radius 3 is 2.48 bits per heavy atom. The number of carbonyl (C=O) groups is 2. The summed E-state index contributed by atoms with van der Waals surface area (Å²) in [7, 11) is 2.99. The third kappa shape index (κ3) is 5.82. The van der Waals surface area contributed by atoms with Crippen LogP contribution in [-0.4, -0.2) is 36.3 Å². The van der Waals surface area contributed by atoms with Gasteiger partial charge in [-0.05, 0) is 54.2 Å². The molecule has 2 aromatic rings. The fourth-order valence-corrected chi connectivity index (χ4v) is 2.41. The lowest BCUT2D eigenvalue weighted by Gasteiger charge is -2.12. The molecule has 1 amide bonds. The molecule has 0 fully saturated rings. The lowest BCUT2D eigenvalue weighted by Crippen LogP contribution is -2.34.